The molecule has 22 heavy (non-hydrogen) atoms. The highest BCUT2D eigenvalue weighted by Crippen LogP contribution is 2.12. The molecule has 1 rings (SSSR count). The SMILES string of the molecule is NC(=O)C(CNC(=O)NCC(F)(F)F)Cc1ccc(F)cc1. The molecule has 1 atom stereocenters. The molecule has 0 heterocycles. The standard InChI is InChI=1S/C13H15F4N3O2/c14-10-3-1-8(2-4-10)5-9(11(18)21)6-19-12(22)20-7-13(15,16)17/h1-4,9H,5-7H2,(H2,18,21)(H2,19,20,22). The fourth-order valence-corrected chi connectivity index (χ4v) is 1.64. The highest BCUT2D eigenvalue weighted by Gasteiger charge is 2.27. The van der Waals surface area contributed by atoms with Crippen LogP contribution in [0.4, 0.5) is 22.4 Å². The summed E-state index contributed by atoms with van der Waals surface area (Å²) in [5.41, 5.74) is 5.79. The first kappa shape index (κ1) is 17.7. The van der Waals surface area contributed by atoms with Gasteiger partial charge in [-0.2, -0.15) is 13.2 Å². The van der Waals surface area contributed by atoms with Crippen LogP contribution in [0.1, 0.15) is 5.56 Å². The lowest BCUT2D eigenvalue weighted by atomic mass is 9.98. The molecular formula is C13H15F4N3O2. The second kappa shape index (κ2) is 7.62. The van der Waals surface area contributed by atoms with E-state index in [2.05, 4.69) is 5.32 Å². The van der Waals surface area contributed by atoms with Crippen molar-refractivity contribution in [1.82, 2.24) is 10.6 Å². The van der Waals surface area contributed by atoms with Gasteiger partial charge in [0.2, 0.25) is 5.91 Å². The number of primary amides is 1. The summed E-state index contributed by atoms with van der Waals surface area (Å²) < 4.78 is 48.5. The van der Waals surface area contributed by atoms with Gasteiger partial charge in [0, 0.05) is 6.54 Å². The quantitative estimate of drug-likeness (QED) is 0.691. The van der Waals surface area contributed by atoms with E-state index >= 15 is 0 Å². The van der Waals surface area contributed by atoms with Gasteiger partial charge in [0.25, 0.3) is 0 Å². The second-order valence-electron chi connectivity index (χ2n) is 4.61. The van der Waals surface area contributed by atoms with Gasteiger partial charge < -0.3 is 16.4 Å². The maximum absolute atomic E-state index is 12.8. The molecule has 0 saturated carbocycles. The molecule has 1 aromatic carbocycles. The predicted octanol–water partition coefficient (Wildman–Crippen LogP) is 1.33. The van der Waals surface area contributed by atoms with Crippen LogP contribution in [0.3, 0.4) is 0 Å². The third kappa shape index (κ3) is 6.91. The number of carbonyl (C=O) groups excluding carboxylic acids is 2. The summed E-state index contributed by atoms with van der Waals surface area (Å²) in [6.07, 6.45) is -4.39. The number of rotatable bonds is 6. The van der Waals surface area contributed by atoms with E-state index in [1.165, 1.54) is 24.3 Å². The van der Waals surface area contributed by atoms with E-state index in [0.717, 1.165) is 0 Å². The monoisotopic (exact) mass is 321 g/mol. The fourth-order valence-electron chi connectivity index (χ4n) is 1.64. The number of hydrogen-bond donors (Lipinski definition) is 3. The normalized spacial score (nSPS) is 12.5. The van der Waals surface area contributed by atoms with Crippen LogP contribution in [0.25, 0.3) is 0 Å². The van der Waals surface area contributed by atoms with Crippen molar-refractivity contribution in [2.24, 2.45) is 11.7 Å². The number of hydrogen-bond acceptors (Lipinski definition) is 2. The zero-order chi connectivity index (χ0) is 16.8. The number of alkyl halides is 3. The predicted molar refractivity (Wildman–Crippen MR) is 70.2 cm³/mol. The Morgan fingerprint density at radius 2 is 1.73 bits per heavy atom. The summed E-state index contributed by atoms with van der Waals surface area (Å²) >= 11 is 0. The van der Waals surface area contributed by atoms with Crippen LogP contribution in [0, 0.1) is 11.7 Å². The molecule has 4 N–H and O–H groups in total. The van der Waals surface area contributed by atoms with Crippen molar-refractivity contribution < 1.29 is 27.2 Å². The second-order valence-corrected chi connectivity index (χ2v) is 4.61. The Hall–Kier alpha value is -2.32. The van der Waals surface area contributed by atoms with Crippen molar-refractivity contribution in [1.29, 1.82) is 0 Å². The van der Waals surface area contributed by atoms with Gasteiger partial charge in [-0.15, -0.1) is 0 Å². The molecule has 0 aliphatic heterocycles. The van der Waals surface area contributed by atoms with E-state index in [1.54, 1.807) is 5.32 Å². The number of benzene rings is 1. The van der Waals surface area contributed by atoms with E-state index in [-0.39, 0.29) is 13.0 Å². The van der Waals surface area contributed by atoms with Crippen LogP contribution in [-0.2, 0) is 11.2 Å². The van der Waals surface area contributed by atoms with Gasteiger partial charge in [-0.1, -0.05) is 12.1 Å². The highest BCUT2D eigenvalue weighted by molar-refractivity contribution is 5.79. The van der Waals surface area contributed by atoms with Crippen LogP contribution in [0.2, 0.25) is 0 Å². The van der Waals surface area contributed by atoms with Crippen molar-refractivity contribution in [3.63, 3.8) is 0 Å². The van der Waals surface area contributed by atoms with E-state index < -0.39 is 36.4 Å². The zero-order valence-corrected chi connectivity index (χ0v) is 11.4. The lowest BCUT2D eigenvalue weighted by Crippen LogP contribution is -2.44. The number of nitrogens with two attached hydrogens (primary N) is 1. The average Bonchev–Trinajstić information content (AvgIpc) is 2.42. The maximum Gasteiger partial charge on any atom is 0.405 e. The molecule has 0 saturated heterocycles. The molecule has 9 heteroatoms. The minimum Gasteiger partial charge on any atom is -0.369 e. The first-order chi connectivity index (χ1) is 10.2. The molecule has 0 fully saturated rings. The van der Waals surface area contributed by atoms with E-state index in [4.69, 9.17) is 5.73 Å². The van der Waals surface area contributed by atoms with Crippen molar-refractivity contribution in [3.05, 3.63) is 35.6 Å². The number of urea groups is 1. The third-order valence-electron chi connectivity index (χ3n) is 2.76. The Labute approximate surface area is 123 Å². The van der Waals surface area contributed by atoms with Crippen LogP contribution in [0.5, 0.6) is 0 Å². The van der Waals surface area contributed by atoms with Crippen LogP contribution in [0.15, 0.2) is 24.3 Å². The average molecular weight is 321 g/mol. The van der Waals surface area contributed by atoms with Crippen molar-refractivity contribution in [3.8, 4) is 0 Å². The third-order valence-corrected chi connectivity index (χ3v) is 2.76. The molecule has 0 spiro atoms. The van der Waals surface area contributed by atoms with Gasteiger partial charge in [-0.3, -0.25) is 4.79 Å². The minimum atomic E-state index is -4.52. The zero-order valence-electron chi connectivity index (χ0n) is 11.4. The first-order valence-corrected chi connectivity index (χ1v) is 6.29. The Bertz CT molecular complexity index is 517. The molecule has 0 aliphatic carbocycles. The topological polar surface area (TPSA) is 84.2 Å². The van der Waals surface area contributed by atoms with Crippen LogP contribution >= 0.6 is 0 Å². The lowest BCUT2D eigenvalue weighted by molar-refractivity contribution is -0.123. The molecule has 3 amide bonds. The van der Waals surface area contributed by atoms with Gasteiger partial charge in [0.05, 0.1) is 5.92 Å². The molecule has 0 aliphatic rings. The lowest BCUT2D eigenvalue weighted by Gasteiger charge is -2.15. The smallest absolute Gasteiger partial charge is 0.369 e. The highest BCUT2D eigenvalue weighted by atomic mass is 19.4. The van der Waals surface area contributed by atoms with Gasteiger partial charge in [-0.05, 0) is 24.1 Å². The Morgan fingerprint density at radius 1 is 1.14 bits per heavy atom. The molecule has 0 aromatic heterocycles. The number of halogens is 4. The molecule has 1 unspecified atom stereocenters. The Morgan fingerprint density at radius 3 is 2.23 bits per heavy atom. The summed E-state index contributed by atoms with van der Waals surface area (Å²) in [4.78, 5) is 22.5. The summed E-state index contributed by atoms with van der Waals surface area (Å²) in [7, 11) is 0. The largest absolute Gasteiger partial charge is 0.405 e. The van der Waals surface area contributed by atoms with E-state index in [9.17, 15) is 27.2 Å². The molecule has 0 bridgehead atoms. The summed E-state index contributed by atoms with van der Waals surface area (Å²) in [5.74, 6) is -1.98. The van der Waals surface area contributed by atoms with E-state index in [0.29, 0.717) is 5.56 Å². The van der Waals surface area contributed by atoms with Gasteiger partial charge in [-0.25, -0.2) is 9.18 Å². The van der Waals surface area contributed by atoms with Crippen LogP contribution in [-0.4, -0.2) is 31.2 Å². The molecule has 0 radical (unpaired) electrons. The van der Waals surface area contributed by atoms with Gasteiger partial charge in [0.15, 0.2) is 0 Å². The van der Waals surface area contributed by atoms with Gasteiger partial charge >= 0.3 is 12.2 Å². The maximum atomic E-state index is 12.8. The fraction of sp³-hybridized carbons (Fsp3) is 0.385. The Kier molecular flexibility index (Phi) is 6.14. The van der Waals surface area contributed by atoms with Crippen molar-refractivity contribution in [2.75, 3.05) is 13.1 Å². The van der Waals surface area contributed by atoms with Crippen LogP contribution < -0.4 is 16.4 Å². The van der Waals surface area contributed by atoms with E-state index in [1.807, 2.05) is 0 Å². The number of nitrogens with one attached hydrogen (secondary N) is 2. The van der Waals surface area contributed by atoms with Gasteiger partial charge in [0.1, 0.15) is 12.4 Å². The summed E-state index contributed by atoms with van der Waals surface area (Å²) in [5, 5.41) is 3.75. The van der Waals surface area contributed by atoms with Crippen molar-refractivity contribution >= 4 is 11.9 Å². The molecule has 1 aromatic rings. The number of amides is 3. The number of carbonyl (C=O) groups is 2. The first-order valence-electron chi connectivity index (χ1n) is 6.29. The molecular weight excluding hydrogens is 306 g/mol. The van der Waals surface area contributed by atoms with Crippen molar-refractivity contribution in [2.45, 2.75) is 12.6 Å². The molecule has 5 nitrogen and oxygen atoms in total. The molecule has 122 valence electrons. The summed E-state index contributed by atoms with van der Waals surface area (Å²) in [6.45, 7) is -1.70. The minimum absolute atomic E-state index is 0.134. The summed E-state index contributed by atoms with van der Waals surface area (Å²) in [6, 6.07) is 4.26. The Balaban J connectivity index is 2.49.